The van der Waals surface area contributed by atoms with Gasteiger partial charge in [-0.2, -0.15) is 0 Å². The van der Waals surface area contributed by atoms with E-state index in [-0.39, 0.29) is 16.6 Å². The zero-order valence-corrected chi connectivity index (χ0v) is 21.5. The molecule has 3 aliphatic heterocycles. The van der Waals surface area contributed by atoms with Crippen molar-refractivity contribution in [3.8, 4) is 0 Å². The Bertz CT molecular complexity index is 1280. The maximum Gasteiger partial charge on any atom is 0.0974 e. The summed E-state index contributed by atoms with van der Waals surface area (Å²) in [5.74, 6) is 1.18. The van der Waals surface area contributed by atoms with E-state index in [1.54, 1.807) is 5.57 Å². The lowest BCUT2D eigenvalue weighted by atomic mass is 9.58. The highest BCUT2D eigenvalue weighted by atomic mass is 16.5. The number of fused-ring (bicyclic) bond motifs is 2. The van der Waals surface area contributed by atoms with Crippen molar-refractivity contribution in [3.63, 3.8) is 0 Å². The largest absolute Gasteiger partial charge is 0.379 e. The maximum absolute atomic E-state index is 7.53. The Morgan fingerprint density at radius 1 is 1.03 bits per heavy atom. The number of ether oxygens (including phenoxy) is 2. The van der Waals surface area contributed by atoms with Gasteiger partial charge in [0.2, 0.25) is 0 Å². The van der Waals surface area contributed by atoms with Crippen LogP contribution < -0.4 is 0 Å². The second kappa shape index (κ2) is 7.75. The molecule has 4 fully saturated rings. The number of nitrogens with zero attached hydrogens (tertiary/aromatic N) is 2. The van der Waals surface area contributed by atoms with Crippen molar-refractivity contribution in [1.82, 2.24) is 9.88 Å². The fourth-order valence-electron chi connectivity index (χ4n) is 9.50. The van der Waals surface area contributed by atoms with Gasteiger partial charge in [0.1, 0.15) is 0 Å². The fourth-order valence-corrected chi connectivity index (χ4v) is 9.50. The molecule has 2 unspecified atom stereocenters. The first-order chi connectivity index (χ1) is 17.6. The van der Waals surface area contributed by atoms with E-state index in [0.29, 0.717) is 17.9 Å². The van der Waals surface area contributed by atoms with Crippen LogP contribution in [0, 0.1) is 11.3 Å². The molecule has 2 spiro atoms. The minimum absolute atomic E-state index is 0.0243. The third kappa shape index (κ3) is 2.95. The molecule has 8 rings (SSSR count). The average molecular weight is 483 g/mol. The second-order valence-corrected chi connectivity index (χ2v) is 12.7. The summed E-state index contributed by atoms with van der Waals surface area (Å²) in [5, 5.41) is 2.56. The molecule has 36 heavy (non-hydrogen) atoms. The van der Waals surface area contributed by atoms with E-state index >= 15 is 0 Å². The van der Waals surface area contributed by atoms with E-state index in [1.807, 2.05) is 12.4 Å². The Morgan fingerprint density at radius 2 is 1.94 bits per heavy atom. The first-order valence-electron chi connectivity index (χ1n) is 14.4. The summed E-state index contributed by atoms with van der Waals surface area (Å²) < 4.78 is 13.2. The monoisotopic (exact) mass is 482 g/mol. The Kier molecular flexibility index (Phi) is 4.74. The molecular weight excluding hydrogens is 444 g/mol. The number of pyridine rings is 1. The maximum atomic E-state index is 7.53. The molecule has 4 nitrogen and oxygen atoms in total. The van der Waals surface area contributed by atoms with Crippen LogP contribution in [-0.2, 0) is 9.47 Å². The van der Waals surface area contributed by atoms with Gasteiger partial charge in [0.15, 0.2) is 0 Å². The highest BCUT2D eigenvalue weighted by Gasteiger charge is 2.66. The smallest absolute Gasteiger partial charge is 0.0974 e. The highest BCUT2D eigenvalue weighted by Crippen LogP contribution is 2.69. The summed E-state index contributed by atoms with van der Waals surface area (Å²) in [5.41, 5.74) is 4.78. The highest BCUT2D eigenvalue weighted by molar-refractivity contribution is 5.82. The SMILES string of the molecule is C[C@]12CC=C3C=C4CC[C@@H](N5CCOCC5)C[C@]45CCC3(O5)[C@@H]1CCC2c1ccc2ccncc2c1. The van der Waals surface area contributed by atoms with Crippen molar-refractivity contribution >= 4 is 10.8 Å². The Balaban J connectivity index is 1.13. The molecule has 2 aromatic rings. The number of allylic oxidation sites excluding steroid dienone is 1. The predicted molar refractivity (Wildman–Crippen MR) is 142 cm³/mol. The quantitative estimate of drug-likeness (QED) is 0.512. The molecule has 1 aromatic carbocycles. The van der Waals surface area contributed by atoms with Crippen LogP contribution >= 0.6 is 0 Å². The van der Waals surface area contributed by atoms with Crippen molar-refractivity contribution in [2.45, 2.75) is 81.5 Å². The van der Waals surface area contributed by atoms with Crippen LogP contribution in [0.15, 0.2) is 60.0 Å². The van der Waals surface area contributed by atoms with Crippen molar-refractivity contribution in [1.29, 1.82) is 0 Å². The number of benzene rings is 1. The molecule has 188 valence electrons. The van der Waals surface area contributed by atoms with E-state index in [2.05, 4.69) is 53.2 Å². The van der Waals surface area contributed by atoms with Crippen LogP contribution in [-0.4, -0.2) is 53.4 Å². The van der Waals surface area contributed by atoms with Gasteiger partial charge in [-0.25, -0.2) is 0 Å². The Labute approximate surface area is 214 Å². The lowest BCUT2D eigenvalue weighted by Crippen LogP contribution is -2.56. The molecule has 2 bridgehead atoms. The van der Waals surface area contributed by atoms with Crippen molar-refractivity contribution < 1.29 is 9.47 Å². The summed E-state index contributed by atoms with van der Waals surface area (Å²) in [4.78, 5) is 7.09. The minimum atomic E-state index is -0.0729. The molecule has 2 saturated heterocycles. The third-order valence-corrected chi connectivity index (χ3v) is 11.3. The lowest BCUT2D eigenvalue weighted by Gasteiger charge is -2.55. The van der Waals surface area contributed by atoms with Gasteiger partial charge in [0, 0.05) is 36.9 Å². The summed E-state index contributed by atoms with van der Waals surface area (Å²) in [6, 6.07) is 9.88. The molecule has 0 N–H and O–H groups in total. The minimum Gasteiger partial charge on any atom is -0.379 e. The summed E-state index contributed by atoms with van der Waals surface area (Å²) in [6.07, 6.45) is 18.9. The van der Waals surface area contributed by atoms with Crippen LogP contribution in [0.1, 0.15) is 69.8 Å². The molecule has 6 atom stereocenters. The number of aromatic nitrogens is 1. The van der Waals surface area contributed by atoms with E-state index in [9.17, 15) is 0 Å². The zero-order valence-electron chi connectivity index (χ0n) is 21.5. The predicted octanol–water partition coefficient (Wildman–Crippen LogP) is 6.18. The molecular formula is C32H38N2O2. The van der Waals surface area contributed by atoms with Crippen LogP contribution in [0.3, 0.4) is 0 Å². The summed E-state index contributed by atoms with van der Waals surface area (Å²) in [6.45, 7) is 6.52. The molecule has 4 heteroatoms. The normalized spacial score (nSPS) is 41.9. The zero-order chi connectivity index (χ0) is 24.0. The van der Waals surface area contributed by atoms with E-state index < -0.39 is 0 Å². The van der Waals surface area contributed by atoms with Gasteiger partial charge in [0.25, 0.3) is 0 Å². The van der Waals surface area contributed by atoms with Crippen molar-refractivity contribution in [3.05, 3.63) is 65.5 Å². The van der Waals surface area contributed by atoms with Crippen LogP contribution in [0.5, 0.6) is 0 Å². The van der Waals surface area contributed by atoms with E-state index in [4.69, 9.17) is 9.47 Å². The lowest BCUT2D eigenvalue weighted by molar-refractivity contribution is -0.143. The molecule has 0 radical (unpaired) electrons. The summed E-state index contributed by atoms with van der Waals surface area (Å²) in [7, 11) is 0. The van der Waals surface area contributed by atoms with Gasteiger partial charge in [0.05, 0.1) is 24.4 Å². The van der Waals surface area contributed by atoms with Gasteiger partial charge in [-0.05, 0) is 103 Å². The third-order valence-electron chi connectivity index (χ3n) is 11.3. The van der Waals surface area contributed by atoms with Crippen molar-refractivity contribution in [2.24, 2.45) is 11.3 Å². The molecule has 1 aromatic heterocycles. The molecule has 0 amide bonds. The number of hydrogen-bond donors (Lipinski definition) is 0. The second-order valence-electron chi connectivity index (χ2n) is 12.7. The van der Waals surface area contributed by atoms with Crippen LogP contribution in [0.2, 0.25) is 0 Å². The van der Waals surface area contributed by atoms with E-state index in [1.165, 1.54) is 73.3 Å². The van der Waals surface area contributed by atoms with Crippen molar-refractivity contribution in [2.75, 3.05) is 26.3 Å². The Morgan fingerprint density at radius 3 is 2.86 bits per heavy atom. The van der Waals surface area contributed by atoms with Gasteiger partial charge in [-0.3, -0.25) is 9.88 Å². The van der Waals surface area contributed by atoms with Crippen LogP contribution in [0.4, 0.5) is 0 Å². The standard InChI is InChI=1S/C32H38N2O2/c1-30-10-8-26-19-25-4-5-27(34-14-16-35-17-15-34)20-31(25)11-12-32(26,36-31)29(30)7-6-28(30)23-3-2-22-9-13-33-21-24(22)18-23/h2-3,8-9,13,18-19,21,27-29H,4-7,10-12,14-17,20H2,1H3/t27-,28?,29-,30-,31-,32?/m1/s1. The number of rotatable bonds is 2. The summed E-state index contributed by atoms with van der Waals surface area (Å²) >= 11 is 0. The number of morpholine rings is 1. The molecule has 6 aliphatic rings. The first-order valence-corrected chi connectivity index (χ1v) is 14.4. The van der Waals surface area contributed by atoms with Gasteiger partial charge < -0.3 is 9.47 Å². The van der Waals surface area contributed by atoms with Gasteiger partial charge >= 0.3 is 0 Å². The molecule has 4 heterocycles. The topological polar surface area (TPSA) is 34.6 Å². The average Bonchev–Trinajstić information content (AvgIpc) is 3.43. The number of hydrogen-bond acceptors (Lipinski definition) is 4. The molecule has 2 saturated carbocycles. The van der Waals surface area contributed by atoms with Gasteiger partial charge in [-0.1, -0.05) is 31.2 Å². The van der Waals surface area contributed by atoms with Crippen LogP contribution in [0.25, 0.3) is 10.8 Å². The first kappa shape index (κ1) is 22.0. The Hall–Kier alpha value is -2.01. The fraction of sp³-hybridized carbons (Fsp3) is 0.594. The molecule has 3 aliphatic carbocycles. The van der Waals surface area contributed by atoms with Gasteiger partial charge in [-0.15, -0.1) is 0 Å². The van der Waals surface area contributed by atoms with E-state index in [0.717, 1.165) is 26.3 Å².